The van der Waals surface area contributed by atoms with Gasteiger partial charge in [-0.25, -0.2) is 0 Å². The van der Waals surface area contributed by atoms with Crippen LogP contribution < -0.4 is 0 Å². The molecule has 0 amide bonds. The summed E-state index contributed by atoms with van der Waals surface area (Å²) >= 11 is 0. The lowest BCUT2D eigenvalue weighted by atomic mass is 9.83. The van der Waals surface area contributed by atoms with E-state index in [0.717, 1.165) is 31.6 Å². The molecule has 17 heavy (non-hydrogen) atoms. The molecule has 0 aromatic carbocycles. The molecule has 4 nitrogen and oxygen atoms in total. The Morgan fingerprint density at radius 2 is 2.00 bits per heavy atom. The molecule has 1 fully saturated rings. The van der Waals surface area contributed by atoms with Gasteiger partial charge in [-0.05, 0) is 38.0 Å². The molecule has 0 spiro atoms. The SMILES string of the molecule is COC(O)CCCOC(=O)C1CCC(C)CC1. The molecule has 0 saturated heterocycles. The molecule has 0 radical (unpaired) electrons. The number of methoxy groups -OCH3 is 1. The summed E-state index contributed by atoms with van der Waals surface area (Å²) in [5.74, 6) is 0.776. The maximum Gasteiger partial charge on any atom is 0.308 e. The van der Waals surface area contributed by atoms with Gasteiger partial charge in [-0.3, -0.25) is 4.79 Å². The van der Waals surface area contributed by atoms with Gasteiger partial charge in [0, 0.05) is 13.5 Å². The number of aliphatic hydroxyl groups is 1. The summed E-state index contributed by atoms with van der Waals surface area (Å²) in [5, 5.41) is 9.14. The van der Waals surface area contributed by atoms with E-state index in [-0.39, 0.29) is 11.9 Å². The second-order valence-corrected chi connectivity index (χ2v) is 4.96. The van der Waals surface area contributed by atoms with Crippen molar-refractivity contribution < 1.29 is 19.4 Å². The van der Waals surface area contributed by atoms with Crippen molar-refractivity contribution in [1.29, 1.82) is 0 Å². The third-order valence-corrected chi connectivity index (χ3v) is 3.46. The Balaban J connectivity index is 2.08. The zero-order valence-electron chi connectivity index (χ0n) is 10.9. The van der Waals surface area contributed by atoms with Gasteiger partial charge < -0.3 is 14.6 Å². The summed E-state index contributed by atoms with van der Waals surface area (Å²) in [4.78, 5) is 11.7. The fourth-order valence-corrected chi connectivity index (χ4v) is 2.16. The number of carbonyl (C=O) groups excluding carboxylic acids is 1. The van der Waals surface area contributed by atoms with E-state index in [4.69, 9.17) is 14.6 Å². The standard InChI is InChI=1S/C13H24O4/c1-10-5-7-11(8-6-10)13(15)17-9-3-4-12(14)16-2/h10-12,14H,3-9H2,1-2H3. The van der Waals surface area contributed by atoms with Crippen molar-refractivity contribution in [3.63, 3.8) is 0 Å². The van der Waals surface area contributed by atoms with Crippen LogP contribution in [0, 0.1) is 11.8 Å². The van der Waals surface area contributed by atoms with Gasteiger partial charge in [0.1, 0.15) is 0 Å². The second-order valence-electron chi connectivity index (χ2n) is 4.96. The highest BCUT2D eigenvalue weighted by atomic mass is 16.6. The molecule has 1 N–H and O–H groups in total. The van der Waals surface area contributed by atoms with Crippen LogP contribution in [0.3, 0.4) is 0 Å². The zero-order chi connectivity index (χ0) is 12.7. The normalized spacial score (nSPS) is 26.5. The van der Waals surface area contributed by atoms with Crippen molar-refractivity contribution in [3.05, 3.63) is 0 Å². The Bertz CT molecular complexity index is 221. The quantitative estimate of drug-likeness (QED) is 0.441. The fourth-order valence-electron chi connectivity index (χ4n) is 2.16. The molecule has 1 aliphatic rings. The molecule has 1 unspecified atom stereocenters. The summed E-state index contributed by atoms with van der Waals surface area (Å²) in [6.45, 7) is 2.61. The number of ether oxygens (including phenoxy) is 2. The molecule has 0 aromatic rings. The van der Waals surface area contributed by atoms with E-state index in [9.17, 15) is 4.79 Å². The van der Waals surface area contributed by atoms with Crippen LogP contribution >= 0.6 is 0 Å². The molecule has 1 saturated carbocycles. The van der Waals surface area contributed by atoms with Crippen LogP contribution in [0.2, 0.25) is 0 Å². The first-order valence-corrected chi connectivity index (χ1v) is 6.51. The zero-order valence-corrected chi connectivity index (χ0v) is 10.9. The first-order valence-electron chi connectivity index (χ1n) is 6.51. The van der Waals surface area contributed by atoms with Crippen molar-refractivity contribution >= 4 is 5.97 Å². The first kappa shape index (κ1) is 14.5. The van der Waals surface area contributed by atoms with Crippen molar-refractivity contribution in [1.82, 2.24) is 0 Å². The number of carbonyl (C=O) groups is 1. The predicted octanol–water partition coefficient (Wildman–Crippen LogP) is 2.10. The van der Waals surface area contributed by atoms with E-state index in [1.807, 2.05) is 0 Å². The highest BCUT2D eigenvalue weighted by Crippen LogP contribution is 2.28. The molecular formula is C13H24O4. The largest absolute Gasteiger partial charge is 0.465 e. The van der Waals surface area contributed by atoms with Gasteiger partial charge in [0.05, 0.1) is 12.5 Å². The first-order chi connectivity index (χ1) is 8.13. The molecule has 1 atom stereocenters. The van der Waals surface area contributed by atoms with Gasteiger partial charge in [0.2, 0.25) is 0 Å². The Hall–Kier alpha value is -0.610. The van der Waals surface area contributed by atoms with Gasteiger partial charge in [0.25, 0.3) is 0 Å². The third-order valence-electron chi connectivity index (χ3n) is 3.46. The minimum absolute atomic E-state index is 0.0659. The lowest BCUT2D eigenvalue weighted by Crippen LogP contribution is -2.23. The van der Waals surface area contributed by atoms with E-state index in [2.05, 4.69) is 6.92 Å². The Kier molecular flexibility index (Phi) is 6.52. The number of aliphatic hydroxyl groups excluding tert-OH is 1. The third kappa shape index (κ3) is 5.50. The predicted molar refractivity (Wildman–Crippen MR) is 64.3 cm³/mol. The lowest BCUT2D eigenvalue weighted by Gasteiger charge is -2.24. The monoisotopic (exact) mass is 244 g/mol. The van der Waals surface area contributed by atoms with Gasteiger partial charge in [-0.1, -0.05) is 6.92 Å². The summed E-state index contributed by atoms with van der Waals surface area (Å²) < 4.78 is 9.91. The Morgan fingerprint density at radius 3 is 2.59 bits per heavy atom. The maximum absolute atomic E-state index is 11.7. The average molecular weight is 244 g/mol. The van der Waals surface area contributed by atoms with Crippen molar-refractivity contribution in [2.24, 2.45) is 11.8 Å². The summed E-state index contributed by atoms with van der Waals surface area (Å²) in [6.07, 6.45) is 4.57. The van der Waals surface area contributed by atoms with Crippen LogP contribution in [0.1, 0.15) is 45.4 Å². The van der Waals surface area contributed by atoms with E-state index >= 15 is 0 Å². The van der Waals surface area contributed by atoms with Gasteiger partial charge in [-0.2, -0.15) is 0 Å². The van der Waals surface area contributed by atoms with E-state index in [1.165, 1.54) is 7.11 Å². The van der Waals surface area contributed by atoms with Gasteiger partial charge in [-0.15, -0.1) is 0 Å². The smallest absolute Gasteiger partial charge is 0.308 e. The fraction of sp³-hybridized carbons (Fsp3) is 0.923. The molecular weight excluding hydrogens is 220 g/mol. The van der Waals surface area contributed by atoms with Crippen molar-refractivity contribution in [2.75, 3.05) is 13.7 Å². The van der Waals surface area contributed by atoms with Crippen LogP contribution in [0.25, 0.3) is 0 Å². The molecule has 0 aliphatic heterocycles. The number of hydrogen-bond acceptors (Lipinski definition) is 4. The number of rotatable bonds is 6. The van der Waals surface area contributed by atoms with Gasteiger partial charge in [0.15, 0.2) is 6.29 Å². The summed E-state index contributed by atoms with van der Waals surface area (Å²) in [7, 11) is 1.46. The van der Waals surface area contributed by atoms with Crippen LogP contribution in [0.5, 0.6) is 0 Å². The molecule has 1 rings (SSSR count). The van der Waals surface area contributed by atoms with Crippen LogP contribution in [0.15, 0.2) is 0 Å². The Morgan fingerprint density at radius 1 is 1.35 bits per heavy atom. The minimum Gasteiger partial charge on any atom is -0.465 e. The maximum atomic E-state index is 11.7. The summed E-state index contributed by atoms with van der Waals surface area (Å²) in [6, 6.07) is 0. The lowest BCUT2D eigenvalue weighted by molar-refractivity contribution is -0.150. The van der Waals surface area contributed by atoms with E-state index in [0.29, 0.717) is 19.4 Å². The topological polar surface area (TPSA) is 55.8 Å². The molecule has 100 valence electrons. The molecule has 4 heteroatoms. The molecule has 0 aromatic heterocycles. The Labute approximate surface area is 103 Å². The molecule has 1 aliphatic carbocycles. The van der Waals surface area contributed by atoms with Crippen molar-refractivity contribution in [2.45, 2.75) is 51.7 Å². The van der Waals surface area contributed by atoms with E-state index < -0.39 is 6.29 Å². The van der Waals surface area contributed by atoms with Crippen LogP contribution in [-0.4, -0.2) is 31.1 Å². The van der Waals surface area contributed by atoms with Crippen molar-refractivity contribution in [3.8, 4) is 0 Å². The van der Waals surface area contributed by atoms with Gasteiger partial charge >= 0.3 is 5.97 Å². The highest BCUT2D eigenvalue weighted by molar-refractivity contribution is 5.72. The van der Waals surface area contributed by atoms with E-state index in [1.54, 1.807) is 0 Å². The van der Waals surface area contributed by atoms with Crippen LogP contribution in [0.4, 0.5) is 0 Å². The number of hydrogen-bond donors (Lipinski definition) is 1. The molecule has 0 bridgehead atoms. The average Bonchev–Trinajstić information content (AvgIpc) is 2.34. The number of esters is 1. The highest BCUT2D eigenvalue weighted by Gasteiger charge is 2.25. The summed E-state index contributed by atoms with van der Waals surface area (Å²) in [5.41, 5.74) is 0. The minimum atomic E-state index is -0.746. The molecule has 0 heterocycles. The van der Waals surface area contributed by atoms with Crippen LogP contribution in [-0.2, 0) is 14.3 Å². The second kappa shape index (κ2) is 7.67.